The first kappa shape index (κ1) is 12.4. The lowest BCUT2D eigenvalue weighted by atomic mass is 10.3. The van der Waals surface area contributed by atoms with E-state index in [9.17, 15) is 9.59 Å². The Hall–Kier alpha value is -1.58. The van der Waals surface area contributed by atoms with Crippen LogP contribution in [0.25, 0.3) is 0 Å². The molecule has 0 aromatic carbocycles. The molecule has 0 rings (SSSR count). The molecule has 4 heteroatoms. The molecule has 0 spiro atoms. The monoisotopic (exact) mass is 198 g/mol. The molecule has 0 aliphatic rings. The number of carbonyl (C=O) groups excluding carboxylic acids is 2. The first-order valence-corrected chi connectivity index (χ1v) is 4.26. The van der Waals surface area contributed by atoms with Gasteiger partial charge in [-0.05, 0) is 6.42 Å². The van der Waals surface area contributed by atoms with Gasteiger partial charge in [0.2, 0.25) is 0 Å². The van der Waals surface area contributed by atoms with Gasteiger partial charge in [0.25, 0.3) is 0 Å². The second-order valence-electron chi connectivity index (χ2n) is 2.45. The van der Waals surface area contributed by atoms with Crippen LogP contribution in [0.5, 0.6) is 0 Å². The fraction of sp³-hybridized carbons (Fsp3) is 0.400. The molecule has 0 heterocycles. The van der Waals surface area contributed by atoms with E-state index in [0.29, 0.717) is 6.42 Å². The van der Waals surface area contributed by atoms with Crippen LogP contribution >= 0.6 is 0 Å². The zero-order valence-corrected chi connectivity index (χ0v) is 8.03. The van der Waals surface area contributed by atoms with Crippen molar-refractivity contribution in [2.75, 3.05) is 13.2 Å². The SMILES string of the molecule is C=CCOC(=O)CCCOC(=O)C=C. The lowest BCUT2D eigenvalue weighted by Gasteiger charge is -2.02. The molecule has 14 heavy (non-hydrogen) atoms. The third-order valence-corrected chi connectivity index (χ3v) is 1.30. The van der Waals surface area contributed by atoms with Gasteiger partial charge in [0.15, 0.2) is 0 Å². The standard InChI is InChI=1S/C10H14O4/c1-3-7-13-10(12)6-5-8-14-9(11)4-2/h3-4H,1-2,5-8H2. The van der Waals surface area contributed by atoms with Crippen LogP contribution < -0.4 is 0 Å². The highest BCUT2D eigenvalue weighted by Crippen LogP contribution is 1.94. The minimum absolute atomic E-state index is 0.202. The molecular weight excluding hydrogens is 184 g/mol. The van der Waals surface area contributed by atoms with Crippen LogP contribution in [0.2, 0.25) is 0 Å². The topological polar surface area (TPSA) is 52.6 Å². The molecule has 78 valence electrons. The fourth-order valence-corrected chi connectivity index (χ4v) is 0.672. The van der Waals surface area contributed by atoms with Crippen LogP contribution in [0.1, 0.15) is 12.8 Å². The van der Waals surface area contributed by atoms with Gasteiger partial charge in [0.05, 0.1) is 6.61 Å². The van der Waals surface area contributed by atoms with Crippen LogP contribution in [0.15, 0.2) is 25.3 Å². The first-order chi connectivity index (χ1) is 6.70. The number of esters is 2. The highest BCUT2D eigenvalue weighted by Gasteiger charge is 2.02. The highest BCUT2D eigenvalue weighted by molar-refractivity contribution is 5.81. The Labute approximate surface area is 83.2 Å². The van der Waals surface area contributed by atoms with E-state index in [1.807, 2.05) is 0 Å². The van der Waals surface area contributed by atoms with Crippen molar-refractivity contribution < 1.29 is 19.1 Å². The van der Waals surface area contributed by atoms with Gasteiger partial charge in [-0.25, -0.2) is 4.79 Å². The molecule has 4 nitrogen and oxygen atoms in total. The second kappa shape index (κ2) is 8.04. The summed E-state index contributed by atoms with van der Waals surface area (Å²) >= 11 is 0. The molecule has 0 aromatic rings. The van der Waals surface area contributed by atoms with E-state index in [-0.39, 0.29) is 25.6 Å². The largest absolute Gasteiger partial charge is 0.463 e. The number of hydrogen-bond acceptors (Lipinski definition) is 4. The normalized spacial score (nSPS) is 8.86. The highest BCUT2D eigenvalue weighted by atomic mass is 16.5. The van der Waals surface area contributed by atoms with Crippen molar-refractivity contribution in [2.45, 2.75) is 12.8 Å². The predicted molar refractivity (Wildman–Crippen MR) is 51.5 cm³/mol. The van der Waals surface area contributed by atoms with Gasteiger partial charge in [-0.1, -0.05) is 19.2 Å². The number of rotatable bonds is 7. The van der Waals surface area contributed by atoms with E-state index in [2.05, 4.69) is 17.9 Å². The van der Waals surface area contributed by atoms with Crippen LogP contribution in [-0.4, -0.2) is 25.2 Å². The van der Waals surface area contributed by atoms with Crippen molar-refractivity contribution in [3.63, 3.8) is 0 Å². The average Bonchev–Trinajstić information content (AvgIpc) is 2.21. The summed E-state index contributed by atoms with van der Waals surface area (Å²) in [6.07, 6.45) is 3.26. The summed E-state index contributed by atoms with van der Waals surface area (Å²) in [6.45, 7) is 7.06. The van der Waals surface area contributed by atoms with Gasteiger partial charge in [-0.2, -0.15) is 0 Å². The van der Waals surface area contributed by atoms with E-state index in [1.54, 1.807) is 0 Å². The van der Waals surface area contributed by atoms with E-state index in [1.165, 1.54) is 6.08 Å². The predicted octanol–water partition coefficient (Wildman–Crippen LogP) is 1.23. The maximum atomic E-state index is 10.9. The summed E-state index contributed by atoms with van der Waals surface area (Å²) in [7, 11) is 0. The van der Waals surface area contributed by atoms with Crippen LogP contribution in [0.4, 0.5) is 0 Å². The Morgan fingerprint density at radius 3 is 2.50 bits per heavy atom. The summed E-state index contributed by atoms with van der Waals surface area (Å²) in [6, 6.07) is 0. The summed E-state index contributed by atoms with van der Waals surface area (Å²) < 4.78 is 9.37. The summed E-state index contributed by atoms with van der Waals surface area (Å²) in [5.41, 5.74) is 0. The van der Waals surface area contributed by atoms with Crippen LogP contribution in [-0.2, 0) is 19.1 Å². The minimum atomic E-state index is -0.482. The van der Waals surface area contributed by atoms with Gasteiger partial charge >= 0.3 is 11.9 Å². The Bertz CT molecular complexity index is 220. The number of ether oxygens (including phenoxy) is 2. The second-order valence-corrected chi connectivity index (χ2v) is 2.45. The van der Waals surface area contributed by atoms with Gasteiger partial charge in [0.1, 0.15) is 6.61 Å². The van der Waals surface area contributed by atoms with Gasteiger partial charge < -0.3 is 9.47 Å². The van der Waals surface area contributed by atoms with Gasteiger partial charge in [-0.3, -0.25) is 4.79 Å². The Morgan fingerprint density at radius 1 is 1.21 bits per heavy atom. The molecule has 0 N–H and O–H groups in total. The Morgan fingerprint density at radius 2 is 1.93 bits per heavy atom. The van der Waals surface area contributed by atoms with Crippen molar-refractivity contribution in [3.05, 3.63) is 25.3 Å². The summed E-state index contributed by atoms with van der Waals surface area (Å²) in [5.74, 6) is -0.802. The molecule has 0 unspecified atom stereocenters. The molecule has 0 aliphatic carbocycles. The molecule has 0 saturated heterocycles. The Kier molecular flexibility index (Phi) is 7.13. The molecule has 0 amide bonds. The van der Waals surface area contributed by atoms with E-state index in [4.69, 9.17) is 4.74 Å². The lowest BCUT2D eigenvalue weighted by molar-refractivity contribution is -0.144. The molecule has 0 atom stereocenters. The summed E-state index contributed by atoms with van der Waals surface area (Å²) in [5, 5.41) is 0. The van der Waals surface area contributed by atoms with Crippen LogP contribution in [0, 0.1) is 0 Å². The quantitative estimate of drug-likeness (QED) is 0.267. The minimum Gasteiger partial charge on any atom is -0.463 e. The van der Waals surface area contributed by atoms with Crippen LogP contribution in [0.3, 0.4) is 0 Å². The van der Waals surface area contributed by atoms with Crippen molar-refractivity contribution in [1.82, 2.24) is 0 Å². The van der Waals surface area contributed by atoms with E-state index in [0.717, 1.165) is 6.08 Å². The van der Waals surface area contributed by atoms with Gasteiger partial charge in [0, 0.05) is 12.5 Å². The zero-order chi connectivity index (χ0) is 10.8. The van der Waals surface area contributed by atoms with Crippen molar-refractivity contribution in [3.8, 4) is 0 Å². The van der Waals surface area contributed by atoms with Crippen molar-refractivity contribution >= 4 is 11.9 Å². The molecular formula is C10H14O4. The van der Waals surface area contributed by atoms with Crippen molar-refractivity contribution in [2.24, 2.45) is 0 Å². The number of carbonyl (C=O) groups is 2. The van der Waals surface area contributed by atoms with Gasteiger partial charge in [-0.15, -0.1) is 0 Å². The molecule has 0 radical (unpaired) electrons. The van der Waals surface area contributed by atoms with Crippen molar-refractivity contribution in [1.29, 1.82) is 0 Å². The third kappa shape index (κ3) is 7.09. The molecule has 0 bridgehead atoms. The molecule has 0 aromatic heterocycles. The van der Waals surface area contributed by atoms with E-state index >= 15 is 0 Å². The maximum absolute atomic E-state index is 10.9. The average molecular weight is 198 g/mol. The smallest absolute Gasteiger partial charge is 0.330 e. The molecule has 0 fully saturated rings. The molecule has 0 saturated carbocycles. The summed E-state index contributed by atoms with van der Waals surface area (Å²) in [4.78, 5) is 21.4. The lowest BCUT2D eigenvalue weighted by Crippen LogP contribution is -2.07. The fourth-order valence-electron chi connectivity index (χ4n) is 0.672. The first-order valence-electron chi connectivity index (χ1n) is 4.26. The molecule has 0 aliphatic heterocycles. The number of hydrogen-bond donors (Lipinski definition) is 0. The zero-order valence-electron chi connectivity index (χ0n) is 8.03. The maximum Gasteiger partial charge on any atom is 0.330 e. The van der Waals surface area contributed by atoms with E-state index < -0.39 is 5.97 Å². The Balaban J connectivity index is 3.35. The third-order valence-electron chi connectivity index (χ3n) is 1.30.